The van der Waals surface area contributed by atoms with Gasteiger partial charge >= 0.3 is 0 Å². The maximum absolute atomic E-state index is 13.4. The molecule has 4 aromatic heterocycles. The number of hydrogen-bond acceptors (Lipinski definition) is 14. The predicted molar refractivity (Wildman–Crippen MR) is 246 cm³/mol. The van der Waals surface area contributed by atoms with Gasteiger partial charge in [0.25, 0.3) is 0 Å². The highest BCUT2D eigenvalue weighted by Gasteiger charge is 2.30. The van der Waals surface area contributed by atoms with E-state index in [1.807, 2.05) is 24.3 Å². The first-order valence-corrected chi connectivity index (χ1v) is 25.1. The summed E-state index contributed by atoms with van der Waals surface area (Å²) in [7, 11) is -7.91. The Balaban J connectivity index is 0.000000162. The van der Waals surface area contributed by atoms with E-state index in [9.17, 15) is 16.8 Å². The molecule has 2 N–H and O–H groups in total. The van der Waals surface area contributed by atoms with Crippen LogP contribution in [0.25, 0.3) is 20.7 Å². The number of sulfonamides is 2. The second kappa shape index (κ2) is 19.0. The minimum atomic E-state index is -3.95. The van der Waals surface area contributed by atoms with Gasteiger partial charge in [-0.15, -0.1) is 0 Å². The molecular formula is C44H36Cl2N6O8S4. The SMILES string of the molecule is O=S(=O)(N[C@@H](c1nc2cccnc2s1)c1ccccc1Cl)c1ccc2c(c1)OCCCO2.O=S(=O)(N[C@H](c1nc2cccnc2s1)c1ccccc1Cl)c1ccc2c(c1)OCCCO2. The van der Waals surface area contributed by atoms with Crippen LogP contribution in [-0.4, -0.2) is 63.2 Å². The van der Waals surface area contributed by atoms with Gasteiger partial charge in [0.15, 0.2) is 23.0 Å². The summed E-state index contributed by atoms with van der Waals surface area (Å²) < 4.78 is 81.7. The molecule has 20 heteroatoms. The number of nitrogens with zero attached hydrogens (tertiary/aromatic N) is 4. The molecule has 14 nitrogen and oxygen atoms in total. The Morgan fingerprint density at radius 1 is 0.516 bits per heavy atom. The van der Waals surface area contributed by atoms with Crippen LogP contribution >= 0.6 is 45.9 Å². The Morgan fingerprint density at radius 3 is 1.33 bits per heavy atom. The van der Waals surface area contributed by atoms with Gasteiger partial charge < -0.3 is 18.9 Å². The third kappa shape index (κ3) is 9.64. The zero-order valence-corrected chi connectivity index (χ0v) is 38.2. The topological polar surface area (TPSA) is 181 Å². The van der Waals surface area contributed by atoms with Crippen molar-refractivity contribution in [2.75, 3.05) is 26.4 Å². The standard InChI is InChI=1S/2C22H18ClN3O4S2/c2*23-16-6-2-1-5-15(16)20(22-25-17-7-3-10-24-21(17)31-22)26-32(27,28)14-8-9-18-19(13-14)30-12-4-11-29-18/h2*1-3,5-10,13,20,26H,4,11-12H2/t2*20-/m10/s1. The van der Waals surface area contributed by atoms with Gasteiger partial charge in [0.2, 0.25) is 20.0 Å². The van der Waals surface area contributed by atoms with E-state index in [4.69, 9.17) is 42.1 Å². The number of benzene rings is 4. The number of rotatable bonds is 10. The van der Waals surface area contributed by atoms with Crippen LogP contribution in [0.1, 0.15) is 46.1 Å². The molecule has 0 saturated carbocycles. The molecule has 0 radical (unpaired) electrons. The fourth-order valence-corrected chi connectivity index (χ4v) is 11.8. The van der Waals surface area contributed by atoms with Crippen LogP contribution in [0.15, 0.2) is 131 Å². The normalized spacial score (nSPS) is 14.8. The molecule has 0 saturated heterocycles. The summed E-state index contributed by atoms with van der Waals surface area (Å²) in [5.41, 5.74) is 2.59. The van der Waals surface area contributed by atoms with Gasteiger partial charge in [-0.25, -0.2) is 36.8 Å². The van der Waals surface area contributed by atoms with Crippen LogP contribution < -0.4 is 28.4 Å². The lowest BCUT2D eigenvalue weighted by Gasteiger charge is -2.19. The number of thiazole rings is 2. The van der Waals surface area contributed by atoms with Crippen LogP contribution in [-0.2, 0) is 20.0 Å². The van der Waals surface area contributed by atoms with Gasteiger partial charge in [0.05, 0.1) is 36.2 Å². The zero-order chi connectivity index (χ0) is 44.3. The minimum absolute atomic E-state index is 0.0676. The number of ether oxygens (including phenoxy) is 4. The fraction of sp³-hybridized carbons (Fsp3) is 0.182. The fourth-order valence-electron chi connectivity index (χ4n) is 6.80. The maximum Gasteiger partial charge on any atom is 0.241 e. The summed E-state index contributed by atoms with van der Waals surface area (Å²) in [6, 6.07) is 29.1. The Labute approximate surface area is 386 Å². The van der Waals surface area contributed by atoms with Crippen molar-refractivity contribution >= 4 is 86.6 Å². The van der Waals surface area contributed by atoms with E-state index < -0.39 is 32.1 Å². The number of halogens is 2. The quantitative estimate of drug-likeness (QED) is 0.133. The highest BCUT2D eigenvalue weighted by Crippen LogP contribution is 2.38. The monoisotopic (exact) mass is 974 g/mol. The van der Waals surface area contributed by atoms with Gasteiger partial charge in [-0.2, -0.15) is 9.44 Å². The molecular weight excluding hydrogens is 940 g/mol. The van der Waals surface area contributed by atoms with E-state index in [0.717, 1.165) is 12.8 Å². The van der Waals surface area contributed by atoms with Crippen molar-refractivity contribution in [1.82, 2.24) is 29.4 Å². The van der Waals surface area contributed by atoms with Crippen molar-refractivity contribution in [3.05, 3.63) is 153 Å². The molecule has 8 aromatic rings. The Bertz CT molecular complexity index is 2930. The minimum Gasteiger partial charge on any atom is -0.490 e. The third-order valence-electron chi connectivity index (χ3n) is 9.90. The molecule has 2 atom stereocenters. The van der Waals surface area contributed by atoms with Crippen LogP contribution in [0.3, 0.4) is 0 Å². The molecule has 0 spiro atoms. The van der Waals surface area contributed by atoms with Crippen LogP contribution in [0.5, 0.6) is 23.0 Å². The smallest absolute Gasteiger partial charge is 0.241 e. The summed E-state index contributed by atoms with van der Waals surface area (Å²) in [6.45, 7) is 1.98. The molecule has 0 amide bonds. The van der Waals surface area contributed by atoms with Crippen molar-refractivity contribution in [3.8, 4) is 23.0 Å². The molecule has 328 valence electrons. The van der Waals surface area contributed by atoms with Crippen molar-refractivity contribution < 1.29 is 35.8 Å². The summed E-state index contributed by atoms with van der Waals surface area (Å²) in [5.74, 6) is 1.87. The molecule has 0 aliphatic carbocycles. The Hall–Kier alpha value is -5.44. The molecule has 0 fully saturated rings. The molecule has 6 heterocycles. The van der Waals surface area contributed by atoms with E-state index in [-0.39, 0.29) is 9.79 Å². The first kappa shape index (κ1) is 43.8. The van der Waals surface area contributed by atoms with E-state index in [0.29, 0.717) is 101 Å². The third-order valence-corrected chi connectivity index (χ3v) is 15.5. The van der Waals surface area contributed by atoms with Crippen molar-refractivity contribution in [2.45, 2.75) is 34.7 Å². The number of nitrogens with one attached hydrogen (secondary N) is 2. The lowest BCUT2D eigenvalue weighted by atomic mass is 10.1. The molecule has 10 rings (SSSR count). The molecule has 64 heavy (non-hydrogen) atoms. The average molecular weight is 976 g/mol. The first-order chi connectivity index (χ1) is 31.0. The first-order valence-electron chi connectivity index (χ1n) is 19.8. The highest BCUT2D eigenvalue weighted by atomic mass is 35.5. The van der Waals surface area contributed by atoms with Crippen LogP contribution in [0.2, 0.25) is 10.0 Å². The van der Waals surface area contributed by atoms with Gasteiger partial charge in [0, 0.05) is 47.4 Å². The largest absolute Gasteiger partial charge is 0.490 e. The Kier molecular flexibility index (Phi) is 13.0. The molecule has 2 aliphatic heterocycles. The Morgan fingerprint density at radius 2 is 0.922 bits per heavy atom. The number of pyridine rings is 2. The average Bonchev–Trinajstić information content (AvgIpc) is 3.76. The van der Waals surface area contributed by atoms with Crippen LogP contribution in [0.4, 0.5) is 0 Å². The van der Waals surface area contributed by atoms with E-state index in [1.165, 1.54) is 46.9 Å². The molecule has 2 aliphatic rings. The summed E-state index contributed by atoms with van der Waals surface area (Å²) in [4.78, 5) is 19.5. The predicted octanol–water partition coefficient (Wildman–Crippen LogP) is 9.15. The van der Waals surface area contributed by atoms with Crippen LogP contribution in [0, 0.1) is 0 Å². The zero-order valence-electron chi connectivity index (χ0n) is 33.4. The maximum atomic E-state index is 13.4. The van der Waals surface area contributed by atoms with E-state index in [1.54, 1.807) is 73.1 Å². The lowest BCUT2D eigenvalue weighted by molar-refractivity contribution is 0.296. The van der Waals surface area contributed by atoms with Gasteiger partial charge in [-0.05, 0) is 71.8 Å². The summed E-state index contributed by atoms with van der Waals surface area (Å²) in [5, 5.41) is 1.96. The lowest BCUT2D eigenvalue weighted by Crippen LogP contribution is -2.29. The molecule has 0 bridgehead atoms. The van der Waals surface area contributed by atoms with Crippen molar-refractivity contribution in [2.24, 2.45) is 0 Å². The van der Waals surface area contributed by atoms with E-state index in [2.05, 4.69) is 29.4 Å². The van der Waals surface area contributed by atoms with Gasteiger partial charge in [0.1, 0.15) is 42.8 Å². The second-order valence-corrected chi connectivity index (χ2v) is 20.5. The number of hydrogen-bond donors (Lipinski definition) is 2. The van der Waals surface area contributed by atoms with E-state index >= 15 is 0 Å². The number of aromatic nitrogens is 4. The van der Waals surface area contributed by atoms with Crippen molar-refractivity contribution in [1.29, 1.82) is 0 Å². The van der Waals surface area contributed by atoms with Gasteiger partial charge in [-0.1, -0.05) is 82.3 Å². The summed E-state index contributed by atoms with van der Waals surface area (Å²) >= 11 is 15.5. The number of fused-ring (bicyclic) bond motifs is 4. The molecule has 0 unspecified atom stereocenters. The highest BCUT2D eigenvalue weighted by molar-refractivity contribution is 7.89. The molecule has 4 aromatic carbocycles. The second-order valence-electron chi connectivity index (χ2n) is 14.2. The van der Waals surface area contributed by atoms with Gasteiger partial charge in [-0.3, -0.25) is 0 Å². The van der Waals surface area contributed by atoms with Crippen molar-refractivity contribution in [3.63, 3.8) is 0 Å². The summed E-state index contributed by atoms with van der Waals surface area (Å²) in [6.07, 6.45) is 4.82.